The number of carbonyl (C=O) groups is 2. The van der Waals surface area contributed by atoms with Crippen molar-refractivity contribution in [3.05, 3.63) is 57.6 Å². The van der Waals surface area contributed by atoms with Gasteiger partial charge in [0.2, 0.25) is 0 Å². The number of hydrogen-bond donors (Lipinski definition) is 2. The number of benzene rings is 2. The summed E-state index contributed by atoms with van der Waals surface area (Å²) in [6.45, 7) is 0.247. The minimum absolute atomic E-state index is 0.0442. The topological polar surface area (TPSA) is 138 Å². The lowest BCUT2D eigenvalue weighted by Gasteiger charge is -2.24. The minimum atomic E-state index is -0.769. The van der Waals surface area contributed by atoms with Gasteiger partial charge in [0.15, 0.2) is 11.5 Å². The number of methoxy groups -OCH3 is 2. The highest BCUT2D eigenvalue weighted by Gasteiger charge is 2.24. The number of nitrogens with one attached hydrogen (secondary N) is 2. The number of ether oxygens (including phenoxy) is 4. The van der Waals surface area contributed by atoms with Crippen molar-refractivity contribution in [2.75, 3.05) is 32.8 Å². The van der Waals surface area contributed by atoms with E-state index in [0.717, 1.165) is 5.56 Å². The molecule has 2 aromatic rings. The molecule has 1 heterocycles. The van der Waals surface area contributed by atoms with Crippen LogP contribution in [0.25, 0.3) is 0 Å². The Morgan fingerprint density at radius 3 is 2.48 bits per heavy atom. The van der Waals surface area contributed by atoms with Gasteiger partial charge in [0, 0.05) is 24.4 Å². The highest BCUT2D eigenvalue weighted by Crippen LogP contribution is 2.28. The van der Waals surface area contributed by atoms with Crippen LogP contribution in [0.5, 0.6) is 11.5 Å². The fraction of sp³-hybridized carbons (Fsp3) is 0.300. The molecule has 0 saturated carbocycles. The lowest BCUT2D eigenvalue weighted by atomic mass is 10.1. The van der Waals surface area contributed by atoms with Crippen molar-refractivity contribution < 1.29 is 33.5 Å². The Labute approximate surface area is 177 Å². The normalized spacial score (nSPS) is 13.5. The van der Waals surface area contributed by atoms with Gasteiger partial charge in [-0.15, -0.1) is 0 Å². The van der Waals surface area contributed by atoms with Crippen LogP contribution in [0, 0.1) is 10.1 Å². The SMILES string of the molecule is COc1ccc(CNC(=O)c2cc([N+](=O)[O-])ccc2NC2COC(=O)OC2)cc1OC. The number of cyclic esters (lactones) is 2. The first kappa shape index (κ1) is 21.7. The maximum atomic E-state index is 12.8. The summed E-state index contributed by atoms with van der Waals surface area (Å²) < 4.78 is 20.1. The van der Waals surface area contributed by atoms with Crippen molar-refractivity contribution in [1.82, 2.24) is 5.32 Å². The lowest BCUT2D eigenvalue weighted by Crippen LogP contribution is -2.38. The average molecular weight is 431 g/mol. The maximum absolute atomic E-state index is 12.8. The fourth-order valence-corrected chi connectivity index (χ4v) is 2.96. The molecule has 31 heavy (non-hydrogen) atoms. The molecule has 0 aliphatic carbocycles. The third kappa shape index (κ3) is 5.32. The first-order valence-corrected chi connectivity index (χ1v) is 9.25. The second kappa shape index (κ2) is 9.65. The van der Waals surface area contributed by atoms with Gasteiger partial charge in [-0.1, -0.05) is 6.07 Å². The van der Waals surface area contributed by atoms with Crippen LogP contribution in [0.15, 0.2) is 36.4 Å². The van der Waals surface area contributed by atoms with E-state index in [9.17, 15) is 19.7 Å². The molecule has 11 heteroatoms. The maximum Gasteiger partial charge on any atom is 0.508 e. The molecule has 0 bridgehead atoms. The number of non-ortho nitro benzene ring substituents is 1. The van der Waals surface area contributed by atoms with E-state index in [2.05, 4.69) is 10.6 Å². The summed E-state index contributed by atoms with van der Waals surface area (Å²) >= 11 is 0. The van der Waals surface area contributed by atoms with Gasteiger partial charge < -0.3 is 29.6 Å². The van der Waals surface area contributed by atoms with Gasteiger partial charge in [-0.25, -0.2) is 4.79 Å². The highest BCUT2D eigenvalue weighted by atomic mass is 16.7. The molecule has 0 aromatic heterocycles. The van der Waals surface area contributed by atoms with Crippen molar-refractivity contribution in [3.8, 4) is 11.5 Å². The number of nitro benzene ring substituents is 1. The molecule has 1 aliphatic rings. The molecule has 0 spiro atoms. The van der Waals surface area contributed by atoms with Crippen molar-refractivity contribution in [2.24, 2.45) is 0 Å². The summed E-state index contributed by atoms with van der Waals surface area (Å²) in [4.78, 5) is 34.5. The molecule has 3 rings (SSSR count). The van der Waals surface area contributed by atoms with Gasteiger partial charge >= 0.3 is 6.16 Å². The quantitative estimate of drug-likeness (QED) is 0.367. The third-order valence-corrected chi connectivity index (χ3v) is 4.52. The molecule has 11 nitrogen and oxygen atoms in total. The van der Waals surface area contributed by atoms with Crippen LogP contribution in [0.2, 0.25) is 0 Å². The number of nitrogens with zero attached hydrogens (tertiary/aromatic N) is 1. The Morgan fingerprint density at radius 1 is 1.13 bits per heavy atom. The molecule has 1 fully saturated rings. The van der Waals surface area contributed by atoms with Crippen molar-refractivity contribution in [1.29, 1.82) is 0 Å². The number of carbonyl (C=O) groups excluding carboxylic acids is 2. The number of amides is 1. The smallest absolute Gasteiger partial charge is 0.493 e. The summed E-state index contributed by atoms with van der Waals surface area (Å²) in [6, 6.07) is 8.69. The Morgan fingerprint density at radius 2 is 1.84 bits per heavy atom. The Kier molecular flexibility index (Phi) is 6.75. The largest absolute Gasteiger partial charge is 0.508 e. The van der Waals surface area contributed by atoms with Gasteiger partial charge in [0.05, 0.1) is 30.7 Å². The predicted molar refractivity (Wildman–Crippen MR) is 109 cm³/mol. The van der Waals surface area contributed by atoms with Crippen molar-refractivity contribution >= 4 is 23.4 Å². The highest BCUT2D eigenvalue weighted by molar-refractivity contribution is 6.00. The van der Waals surface area contributed by atoms with E-state index in [-0.39, 0.29) is 31.0 Å². The van der Waals surface area contributed by atoms with E-state index in [1.165, 1.54) is 32.4 Å². The van der Waals surface area contributed by atoms with Crippen LogP contribution in [0.4, 0.5) is 16.2 Å². The van der Waals surface area contributed by atoms with Gasteiger partial charge in [-0.3, -0.25) is 14.9 Å². The zero-order chi connectivity index (χ0) is 22.4. The number of rotatable bonds is 8. The van der Waals surface area contributed by atoms with Gasteiger partial charge in [-0.05, 0) is 23.8 Å². The van der Waals surface area contributed by atoms with Crippen molar-refractivity contribution in [3.63, 3.8) is 0 Å². The molecule has 0 atom stereocenters. The molecule has 1 aliphatic heterocycles. The first-order chi connectivity index (χ1) is 14.9. The van der Waals surface area contributed by atoms with Crippen LogP contribution in [-0.4, -0.2) is 50.5 Å². The standard InChI is InChI=1S/C20H21N3O8/c1-28-17-6-3-12(7-18(17)29-2)9-21-19(24)15-8-14(23(26)27)4-5-16(15)22-13-10-30-20(25)31-11-13/h3-8,13,22H,9-11H2,1-2H3,(H,21,24). The summed E-state index contributed by atoms with van der Waals surface area (Å²) in [5, 5.41) is 16.9. The Hall–Kier alpha value is -4.02. The Bertz CT molecular complexity index is 984. The fourth-order valence-electron chi connectivity index (χ4n) is 2.96. The first-order valence-electron chi connectivity index (χ1n) is 9.25. The number of nitro groups is 1. The summed E-state index contributed by atoms with van der Waals surface area (Å²) in [5.74, 6) is 0.548. The molecule has 2 N–H and O–H groups in total. The van der Waals surface area contributed by atoms with E-state index in [1.54, 1.807) is 18.2 Å². The predicted octanol–water partition coefficient (Wildman–Crippen LogP) is 2.49. The number of anilines is 1. The molecular weight excluding hydrogens is 410 g/mol. The van der Waals surface area contributed by atoms with Gasteiger partial charge in [0.25, 0.3) is 11.6 Å². The zero-order valence-corrected chi connectivity index (χ0v) is 16.9. The molecule has 164 valence electrons. The monoisotopic (exact) mass is 431 g/mol. The van der Waals surface area contributed by atoms with E-state index in [4.69, 9.17) is 18.9 Å². The van der Waals surface area contributed by atoms with Crippen LogP contribution in [0.3, 0.4) is 0 Å². The van der Waals surface area contributed by atoms with E-state index in [1.807, 2.05) is 0 Å². The average Bonchev–Trinajstić information content (AvgIpc) is 2.78. The third-order valence-electron chi connectivity index (χ3n) is 4.52. The molecule has 2 aromatic carbocycles. The minimum Gasteiger partial charge on any atom is -0.493 e. The molecule has 0 unspecified atom stereocenters. The summed E-state index contributed by atoms with van der Waals surface area (Å²) in [5.41, 5.74) is 0.945. The van der Waals surface area contributed by atoms with Gasteiger partial charge in [-0.2, -0.15) is 0 Å². The van der Waals surface area contributed by atoms with E-state index < -0.39 is 23.0 Å². The van der Waals surface area contributed by atoms with Crippen LogP contribution in [0.1, 0.15) is 15.9 Å². The molecular formula is C20H21N3O8. The van der Waals surface area contributed by atoms with Crippen LogP contribution < -0.4 is 20.1 Å². The van der Waals surface area contributed by atoms with Crippen molar-refractivity contribution in [2.45, 2.75) is 12.6 Å². The lowest BCUT2D eigenvalue weighted by molar-refractivity contribution is -0.384. The second-order valence-electron chi connectivity index (χ2n) is 6.57. The van der Waals surface area contributed by atoms with E-state index in [0.29, 0.717) is 17.2 Å². The molecule has 1 amide bonds. The number of hydrogen-bond acceptors (Lipinski definition) is 9. The van der Waals surface area contributed by atoms with Crippen LogP contribution in [-0.2, 0) is 16.0 Å². The molecule has 0 radical (unpaired) electrons. The van der Waals surface area contributed by atoms with E-state index >= 15 is 0 Å². The van der Waals surface area contributed by atoms with Crippen LogP contribution >= 0.6 is 0 Å². The Balaban J connectivity index is 1.77. The summed E-state index contributed by atoms with van der Waals surface area (Å²) in [6.07, 6.45) is -0.769. The van der Waals surface area contributed by atoms with Gasteiger partial charge in [0.1, 0.15) is 13.2 Å². The second-order valence-corrected chi connectivity index (χ2v) is 6.57. The molecule has 1 saturated heterocycles. The zero-order valence-electron chi connectivity index (χ0n) is 16.9. The summed E-state index contributed by atoms with van der Waals surface area (Å²) in [7, 11) is 3.03.